The molecule has 2 aromatic rings. The molecule has 5 rings (SSSR count). The Labute approximate surface area is 183 Å². The number of fused-ring (bicyclic) bond motifs is 3. The lowest BCUT2D eigenvalue weighted by Crippen LogP contribution is -2.55. The van der Waals surface area contributed by atoms with Gasteiger partial charge in [0.1, 0.15) is 5.72 Å². The van der Waals surface area contributed by atoms with Crippen LogP contribution in [0.2, 0.25) is 0 Å². The molecule has 2 N–H and O–H groups in total. The molecular weight excluding hydrogens is 392 g/mol. The number of carbonyl (C=O) groups excluding carboxylic acids is 1. The number of anilines is 1. The van der Waals surface area contributed by atoms with Crippen LogP contribution in [-0.2, 0) is 16.9 Å². The zero-order valence-corrected chi connectivity index (χ0v) is 18.3. The number of amides is 1. The first-order valence-electron chi connectivity index (χ1n) is 11.2. The van der Waals surface area contributed by atoms with Crippen LogP contribution in [0.15, 0.2) is 53.4 Å². The predicted molar refractivity (Wildman–Crippen MR) is 122 cm³/mol. The molecule has 3 heterocycles. The van der Waals surface area contributed by atoms with Gasteiger partial charge in [0.25, 0.3) is 0 Å². The summed E-state index contributed by atoms with van der Waals surface area (Å²) in [5.74, 6) is 0.0806. The number of aliphatic hydroxyl groups is 1. The number of nitrogens with zero attached hydrogens (tertiary/aromatic N) is 1. The van der Waals surface area contributed by atoms with Crippen LogP contribution >= 0.6 is 11.8 Å². The van der Waals surface area contributed by atoms with Crippen LogP contribution in [0.25, 0.3) is 0 Å². The van der Waals surface area contributed by atoms with E-state index in [-0.39, 0.29) is 5.91 Å². The molecule has 4 nitrogen and oxygen atoms in total. The first-order valence-corrected chi connectivity index (χ1v) is 12.1. The maximum atomic E-state index is 12.0. The zero-order chi connectivity index (χ0) is 20.7. The van der Waals surface area contributed by atoms with Gasteiger partial charge in [-0.25, -0.2) is 0 Å². The number of rotatable bonds is 5. The van der Waals surface area contributed by atoms with Gasteiger partial charge in [0, 0.05) is 34.3 Å². The van der Waals surface area contributed by atoms with Gasteiger partial charge in [-0.3, -0.25) is 9.69 Å². The minimum absolute atomic E-state index is 0.0806. The molecule has 0 saturated carbocycles. The van der Waals surface area contributed by atoms with Crippen molar-refractivity contribution in [2.24, 2.45) is 0 Å². The largest absolute Gasteiger partial charge is 0.371 e. The minimum atomic E-state index is -0.940. The molecule has 30 heavy (non-hydrogen) atoms. The average Bonchev–Trinajstić information content (AvgIpc) is 3.05. The second-order valence-electron chi connectivity index (χ2n) is 8.91. The normalized spacial score (nSPS) is 27.9. The van der Waals surface area contributed by atoms with Crippen molar-refractivity contribution in [3.05, 3.63) is 59.7 Å². The van der Waals surface area contributed by atoms with E-state index in [1.807, 2.05) is 23.9 Å². The fourth-order valence-electron chi connectivity index (χ4n) is 5.69. The molecule has 2 unspecified atom stereocenters. The van der Waals surface area contributed by atoms with Crippen LogP contribution in [0.5, 0.6) is 0 Å². The highest BCUT2D eigenvalue weighted by Gasteiger charge is 2.50. The Morgan fingerprint density at radius 1 is 1.10 bits per heavy atom. The molecule has 158 valence electrons. The number of aryl methyl sites for hydroxylation is 1. The Bertz CT molecular complexity index is 920. The van der Waals surface area contributed by atoms with Gasteiger partial charge in [0.05, 0.1) is 0 Å². The van der Waals surface area contributed by atoms with Crippen molar-refractivity contribution in [3.8, 4) is 0 Å². The van der Waals surface area contributed by atoms with E-state index in [9.17, 15) is 9.90 Å². The number of carbonyl (C=O) groups is 1. The Morgan fingerprint density at radius 2 is 1.83 bits per heavy atom. The smallest absolute Gasteiger partial charge is 0.224 e. The van der Waals surface area contributed by atoms with Crippen LogP contribution < -0.4 is 5.32 Å². The lowest BCUT2D eigenvalue weighted by atomic mass is 9.89. The number of piperidine rings is 1. The van der Waals surface area contributed by atoms with E-state index < -0.39 is 5.72 Å². The zero-order valence-electron chi connectivity index (χ0n) is 17.5. The molecule has 2 saturated heterocycles. The predicted octanol–water partition coefficient (Wildman–Crippen LogP) is 4.91. The van der Waals surface area contributed by atoms with Gasteiger partial charge in [0.2, 0.25) is 5.91 Å². The lowest BCUT2D eigenvalue weighted by molar-refractivity contribution is -0.153. The molecular formula is C25H30N2O2S. The molecule has 3 aliphatic rings. The molecule has 3 atom stereocenters. The third-order valence-corrected chi connectivity index (χ3v) is 8.38. The number of thioether (sulfide) groups is 1. The van der Waals surface area contributed by atoms with Crippen LogP contribution in [0.3, 0.4) is 0 Å². The van der Waals surface area contributed by atoms with Crippen molar-refractivity contribution in [2.45, 2.75) is 79.8 Å². The van der Waals surface area contributed by atoms with E-state index in [1.165, 1.54) is 17.7 Å². The van der Waals surface area contributed by atoms with E-state index in [0.717, 1.165) is 36.1 Å². The summed E-state index contributed by atoms with van der Waals surface area (Å²) in [6.45, 7) is 2.09. The van der Waals surface area contributed by atoms with Crippen molar-refractivity contribution >= 4 is 23.4 Å². The van der Waals surface area contributed by atoms with E-state index in [4.69, 9.17) is 0 Å². The third-order valence-electron chi connectivity index (χ3n) is 7.12. The second kappa shape index (κ2) is 8.03. The summed E-state index contributed by atoms with van der Waals surface area (Å²) in [4.78, 5) is 15.5. The number of hydrogen-bond donors (Lipinski definition) is 2. The van der Waals surface area contributed by atoms with Gasteiger partial charge >= 0.3 is 0 Å². The summed E-state index contributed by atoms with van der Waals surface area (Å²) in [5.41, 5.74) is 2.08. The molecule has 0 aliphatic carbocycles. The Hall–Kier alpha value is -1.82. The number of benzene rings is 2. The molecule has 2 bridgehead atoms. The standard InChI is InChI=1S/C25H30N2O2S/c1-2-25(29,18-9-12-23-17(14-18)8-13-24(28)26-23)27-19-10-11-20(27)16-22(15-19)30-21-6-4-3-5-7-21/h3-7,9,12,14,19-20,22,29H,2,8,10-11,13,15-16H2,1H3,(H,26,28)/t19?,20?,22?,25-/m0/s1. The van der Waals surface area contributed by atoms with Crippen LogP contribution in [-0.4, -0.2) is 33.2 Å². The number of hydrogen-bond acceptors (Lipinski definition) is 4. The Balaban J connectivity index is 1.38. The molecule has 0 aromatic heterocycles. The van der Waals surface area contributed by atoms with Gasteiger partial charge in [-0.1, -0.05) is 31.2 Å². The van der Waals surface area contributed by atoms with Crippen molar-refractivity contribution in [3.63, 3.8) is 0 Å². The van der Waals surface area contributed by atoms with E-state index >= 15 is 0 Å². The molecule has 2 fully saturated rings. The van der Waals surface area contributed by atoms with Crippen LogP contribution in [0, 0.1) is 0 Å². The van der Waals surface area contributed by atoms with E-state index in [0.29, 0.717) is 30.2 Å². The van der Waals surface area contributed by atoms with Gasteiger partial charge in [-0.2, -0.15) is 0 Å². The molecule has 1 amide bonds. The van der Waals surface area contributed by atoms with Gasteiger partial charge in [-0.05, 0) is 73.9 Å². The molecule has 5 heteroatoms. The highest BCUT2D eigenvalue weighted by atomic mass is 32.2. The van der Waals surface area contributed by atoms with E-state index in [2.05, 4.69) is 53.5 Å². The summed E-state index contributed by atoms with van der Waals surface area (Å²) in [7, 11) is 0. The first kappa shape index (κ1) is 20.1. The first-order chi connectivity index (χ1) is 14.6. The van der Waals surface area contributed by atoms with Crippen LogP contribution in [0.4, 0.5) is 5.69 Å². The average molecular weight is 423 g/mol. The molecule has 2 aromatic carbocycles. The quantitative estimate of drug-likeness (QED) is 0.719. The fourth-order valence-corrected chi connectivity index (χ4v) is 7.02. The third kappa shape index (κ3) is 3.57. The summed E-state index contributed by atoms with van der Waals surface area (Å²) in [6, 6.07) is 17.7. The maximum absolute atomic E-state index is 12.0. The molecule has 3 aliphatic heterocycles. The summed E-state index contributed by atoms with van der Waals surface area (Å²) >= 11 is 2.00. The highest BCUT2D eigenvalue weighted by Crippen LogP contribution is 2.48. The molecule has 0 spiro atoms. The summed E-state index contributed by atoms with van der Waals surface area (Å²) in [6.07, 6.45) is 6.52. The molecule has 0 radical (unpaired) electrons. The monoisotopic (exact) mass is 422 g/mol. The highest BCUT2D eigenvalue weighted by molar-refractivity contribution is 8.00. The van der Waals surface area contributed by atoms with Crippen molar-refractivity contribution in [2.75, 3.05) is 5.32 Å². The lowest BCUT2D eigenvalue weighted by Gasteiger charge is -2.48. The fraction of sp³-hybridized carbons (Fsp3) is 0.480. The Morgan fingerprint density at radius 3 is 2.53 bits per heavy atom. The van der Waals surface area contributed by atoms with Gasteiger partial charge in [0.15, 0.2) is 0 Å². The SMILES string of the molecule is CC[C@](O)(c1ccc2c(c1)CCC(=O)N2)N1C2CCC1CC(Sc1ccccc1)C2. The summed E-state index contributed by atoms with van der Waals surface area (Å²) < 4.78 is 0. The topological polar surface area (TPSA) is 52.6 Å². The summed E-state index contributed by atoms with van der Waals surface area (Å²) in [5, 5.41) is 15.5. The number of nitrogens with one attached hydrogen (secondary N) is 1. The second-order valence-corrected chi connectivity index (χ2v) is 10.3. The van der Waals surface area contributed by atoms with Gasteiger partial charge < -0.3 is 10.4 Å². The Kier molecular flexibility index (Phi) is 5.38. The van der Waals surface area contributed by atoms with Crippen LogP contribution in [0.1, 0.15) is 56.6 Å². The van der Waals surface area contributed by atoms with Crippen molar-refractivity contribution in [1.82, 2.24) is 4.90 Å². The maximum Gasteiger partial charge on any atom is 0.224 e. The van der Waals surface area contributed by atoms with Crippen molar-refractivity contribution in [1.29, 1.82) is 0 Å². The minimum Gasteiger partial charge on any atom is -0.371 e. The van der Waals surface area contributed by atoms with E-state index in [1.54, 1.807) is 0 Å². The van der Waals surface area contributed by atoms with Crippen molar-refractivity contribution < 1.29 is 9.90 Å². The van der Waals surface area contributed by atoms with Gasteiger partial charge in [-0.15, -0.1) is 11.8 Å².